The maximum absolute atomic E-state index is 12.8. The van der Waals surface area contributed by atoms with E-state index in [0.717, 1.165) is 51.4 Å². The lowest BCUT2D eigenvalue weighted by molar-refractivity contribution is -0.127. The summed E-state index contributed by atoms with van der Waals surface area (Å²) in [5.74, 6) is -0.415. The molecule has 2 unspecified atom stereocenters. The lowest BCUT2D eigenvalue weighted by Crippen LogP contribution is -2.39. The number of carbonyl (C=O) groups excluding carboxylic acids is 2. The Morgan fingerprint density at radius 2 is 0.729 bits per heavy atom. The molecule has 0 heterocycles. The maximum Gasteiger partial charge on any atom is 0.223 e. The van der Waals surface area contributed by atoms with Crippen LogP contribution >= 0.6 is 0 Å². The van der Waals surface area contributed by atoms with Gasteiger partial charge in [0.05, 0.1) is 0 Å². The minimum Gasteiger partial charge on any atom is -0.396 e. The number of allylic oxidation sites excluding steroid dienone is 4. The highest BCUT2D eigenvalue weighted by atomic mass is 16.3. The number of carbonyl (C=O) groups is 2. The molecule has 0 rings (SSSR count). The van der Waals surface area contributed by atoms with Gasteiger partial charge in [-0.15, -0.1) is 0 Å². The Balaban J connectivity index is 3.98. The van der Waals surface area contributed by atoms with Gasteiger partial charge in [-0.25, -0.2) is 0 Å². The first-order chi connectivity index (χ1) is 23.6. The molecule has 0 aliphatic rings. The van der Waals surface area contributed by atoms with Gasteiger partial charge in [-0.1, -0.05) is 141 Å². The average molecular weight is 677 g/mol. The fraction of sp³-hybridized carbons (Fsp3) is 0.857. The molecule has 0 fully saturated rings. The molecule has 0 bridgehead atoms. The Hall–Kier alpha value is -1.66. The van der Waals surface area contributed by atoms with Crippen molar-refractivity contribution in [3.05, 3.63) is 24.3 Å². The minimum absolute atomic E-state index is 0.0109. The molecule has 0 aromatic heterocycles. The Kier molecular flexibility index (Phi) is 36.8. The summed E-state index contributed by atoms with van der Waals surface area (Å²) in [6, 6.07) is 0. The third-order valence-corrected chi connectivity index (χ3v) is 9.55. The third-order valence-electron chi connectivity index (χ3n) is 9.55. The zero-order valence-electron chi connectivity index (χ0n) is 31.8. The fourth-order valence-corrected chi connectivity index (χ4v) is 6.35. The van der Waals surface area contributed by atoms with E-state index in [9.17, 15) is 19.8 Å². The molecule has 282 valence electrons. The molecule has 4 N–H and O–H groups in total. The molecule has 0 radical (unpaired) electrons. The van der Waals surface area contributed by atoms with Crippen molar-refractivity contribution in [3.8, 4) is 0 Å². The smallest absolute Gasteiger partial charge is 0.223 e. The molecule has 2 atom stereocenters. The summed E-state index contributed by atoms with van der Waals surface area (Å²) < 4.78 is 0. The van der Waals surface area contributed by atoms with E-state index in [2.05, 4.69) is 48.8 Å². The molecule has 0 aliphatic carbocycles. The first kappa shape index (κ1) is 46.3. The van der Waals surface area contributed by atoms with Crippen molar-refractivity contribution in [1.29, 1.82) is 0 Å². The quantitative estimate of drug-likeness (QED) is 0.0389. The number of aliphatic hydroxyl groups is 2. The molecule has 0 aliphatic heterocycles. The fourth-order valence-electron chi connectivity index (χ4n) is 6.35. The van der Waals surface area contributed by atoms with E-state index in [4.69, 9.17) is 0 Å². The molecule has 0 aromatic carbocycles. The van der Waals surface area contributed by atoms with Crippen LogP contribution < -0.4 is 10.6 Å². The van der Waals surface area contributed by atoms with Crippen molar-refractivity contribution in [2.45, 2.75) is 194 Å². The Morgan fingerprint density at radius 1 is 0.438 bits per heavy atom. The van der Waals surface area contributed by atoms with Crippen LogP contribution in [0.25, 0.3) is 0 Å². The van der Waals surface area contributed by atoms with Gasteiger partial charge >= 0.3 is 0 Å². The van der Waals surface area contributed by atoms with E-state index in [1.807, 2.05) is 0 Å². The maximum atomic E-state index is 12.8. The van der Waals surface area contributed by atoms with Gasteiger partial charge < -0.3 is 20.8 Å². The standard InChI is InChI=1S/C42H80N2O4/c1-3-5-7-9-11-13-15-17-19-21-23-25-27-29-31-39(33-37-45)41(47)43-35-36-44-42(48)40(34-38-46)32-30-28-26-24-22-20-18-16-14-12-10-8-6-4-2/h17-20,39-40,45-46H,3-16,21-38H2,1-2H3,(H,43,47)(H,44,48)/b19-17-,20-18-. The third kappa shape index (κ3) is 31.6. The number of rotatable bonds is 37. The van der Waals surface area contributed by atoms with Crippen LogP contribution in [0.1, 0.15) is 194 Å². The minimum atomic E-state index is -0.180. The number of unbranched alkanes of at least 4 members (excludes halogenated alkanes) is 20. The van der Waals surface area contributed by atoms with Crippen molar-refractivity contribution in [2.24, 2.45) is 11.8 Å². The second-order valence-electron chi connectivity index (χ2n) is 14.0. The predicted molar refractivity (Wildman–Crippen MR) is 206 cm³/mol. The second kappa shape index (κ2) is 38.1. The molecule has 6 heteroatoms. The van der Waals surface area contributed by atoms with Crippen molar-refractivity contribution < 1.29 is 19.8 Å². The summed E-state index contributed by atoms with van der Waals surface area (Å²) in [5, 5.41) is 24.9. The zero-order chi connectivity index (χ0) is 35.2. The molecule has 48 heavy (non-hydrogen) atoms. The zero-order valence-corrected chi connectivity index (χ0v) is 31.8. The van der Waals surface area contributed by atoms with Crippen LogP contribution in [0.4, 0.5) is 0 Å². The highest BCUT2D eigenvalue weighted by Crippen LogP contribution is 2.17. The van der Waals surface area contributed by atoms with Crippen LogP contribution in [-0.2, 0) is 9.59 Å². The lowest BCUT2D eigenvalue weighted by atomic mass is 9.96. The number of nitrogens with one attached hydrogen (secondary N) is 2. The van der Waals surface area contributed by atoms with E-state index < -0.39 is 0 Å². The Labute approximate surface area is 297 Å². The highest BCUT2D eigenvalue weighted by Gasteiger charge is 2.19. The van der Waals surface area contributed by atoms with E-state index in [1.54, 1.807) is 0 Å². The summed E-state index contributed by atoms with van der Waals surface area (Å²) in [6.45, 7) is 5.31. The van der Waals surface area contributed by atoms with Crippen LogP contribution in [-0.4, -0.2) is 48.3 Å². The van der Waals surface area contributed by atoms with E-state index >= 15 is 0 Å². The van der Waals surface area contributed by atoms with Crippen molar-refractivity contribution in [1.82, 2.24) is 10.6 Å². The first-order valence-corrected chi connectivity index (χ1v) is 20.7. The monoisotopic (exact) mass is 677 g/mol. The van der Waals surface area contributed by atoms with Crippen molar-refractivity contribution in [3.63, 3.8) is 0 Å². The van der Waals surface area contributed by atoms with Crippen molar-refractivity contribution in [2.75, 3.05) is 26.3 Å². The number of amides is 2. The molecule has 6 nitrogen and oxygen atoms in total. The number of hydrogen-bond acceptors (Lipinski definition) is 4. The van der Waals surface area contributed by atoms with Gasteiger partial charge in [-0.2, -0.15) is 0 Å². The number of aliphatic hydroxyl groups excluding tert-OH is 2. The average Bonchev–Trinajstić information content (AvgIpc) is 3.09. The molecule has 0 saturated carbocycles. The molecule has 0 saturated heterocycles. The summed E-state index contributed by atoms with van der Waals surface area (Å²) in [4.78, 5) is 25.5. The lowest BCUT2D eigenvalue weighted by Gasteiger charge is -2.18. The van der Waals surface area contributed by atoms with Crippen LogP contribution in [0.2, 0.25) is 0 Å². The first-order valence-electron chi connectivity index (χ1n) is 20.7. The summed E-state index contributed by atoms with van der Waals surface area (Å²) in [7, 11) is 0. The molecule has 0 spiro atoms. The van der Waals surface area contributed by atoms with Crippen LogP contribution in [0, 0.1) is 11.8 Å². The van der Waals surface area contributed by atoms with Crippen molar-refractivity contribution >= 4 is 11.8 Å². The van der Waals surface area contributed by atoms with Crippen LogP contribution in [0.15, 0.2) is 24.3 Å². The van der Waals surface area contributed by atoms with Gasteiger partial charge in [-0.05, 0) is 77.0 Å². The molecular formula is C42H80N2O4. The van der Waals surface area contributed by atoms with Gasteiger partial charge in [0.25, 0.3) is 0 Å². The topological polar surface area (TPSA) is 98.7 Å². The van der Waals surface area contributed by atoms with Gasteiger partial charge in [0.2, 0.25) is 11.8 Å². The predicted octanol–water partition coefficient (Wildman–Crippen LogP) is 10.5. The molecular weight excluding hydrogens is 596 g/mol. The van der Waals surface area contributed by atoms with Gasteiger partial charge in [0.1, 0.15) is 0 Å². The van der Waals surface area contributed by atoms with Crippen LogP contribution in [0.5, 0.6) is 0 Å². The largest absolute Gasteiger partial charge is 0.396 e. The van der Waals surface area contributed by atoms with E-state index in [0.29, 0.717) is 25.9 Å². The van der Waals surface area contributed by atoms with E-state index in [-0.39, 0.29) is 36.9 Å². The van der Waals surface area contributed by atoms with Crippen LogP contribution in [0.3, 0.4) is 0 Å². The summed E-state index contributed by atoms with van der Waals surface area (Å²) in [6.07, 6.45) is 41.7. The summed E-state index contributed by atoms with van der Waals surface area (Å²) in [5.41, 5.74) is 0. The molecule has 2 amide bonds. The van der Waals surface area contributed by atoms with E-state index in [1.165, 1.54) is 116 Å². The normalized spacial score (nSPS) is 13.0. The Bertz CT molecular complexity index is 692. The van der Waals surface area contributed by atoms with Gasteiger partial charge in [-0.3, -0.25) is 9.59 Å². The SMILES string of the molecule is CCCCCCCC/C=C\CCCCCCC(CCO)C(=O)NCCNC(=O)C(CCO)CCCCCC/C=C\CCCCCCCC. The number of hydrogen-bond donors (Lipinski definition) is 4. The molecule has 0 aromatic rings. The Morgan fingerprint density at radius 3 is 1.04 bits per heavy atom. The summed E-state index contributed by atoms with van der Waals surface area (Å²) >= 11 is 0. The van der Waals surface area contributed by atoms with Gasteiger partial charge in [0, 0.05) is 38.1 Å². The van der Waals surface area contributed by atoms with Gasteiger partial charge in [0.15, 0.2) is 0 Å². The highest BCUT2D eigenvalue weighted by molar-refractivity contribution is 5.79. The second-order valence-corrected chi connectivity index (χ2v) is 14.0.